The third-order valence-corrected chi connectivity index (χ3v) is 3.54. The van der Waals surface area contributed by atoms with Gasteiger partial charge >= 0.3 is 0 Å². The van der Waals surface area contributed by atoms with Gasteiger partial charge in [0.05, 0.1) is 10.6 Å². The van der Waals surface area contributed by atoms with Crippen molar-refractivity contribution < 1.29 is 9.13 Å². The number of nitrogens with zero attached hydrogens (tertiary/aromatic N) is 2. The Morgan fingerprint density at radius 3 is 2.73 bits per heavy atom. The molecule has 6 heteroatoms. The molecule has 1 unspecified atom stereocenters. The minimum Gasteiger partial charge on any atom is -0.258 e. The van der Waals surface area contributed by atoms with Gasteiger partial charge in [0.25, 0.3) is 5.69 Å². The average molecular weight is 228 g/mol. The van der Waals surface area contributed by atoms with Crippen LogP contribution < -0.4 is 0 Å². The van der Waals surface area contributed by atoms with E-state index in [0.29, 0.717) is 11.4 Å². The Balaban J connectivity index is 3.18. The summed E-state index contributed by atoms with van der Waals surface area (Å²) in [5, 5.41) is 10.5. The van der Waals surface area contributed by atoms with E-state index < -0.39 is 14.7 Å². The van der Waals surface area contributed by atoms with Crippen LogP contribution in [-0.2, 0) is 9.73 Å². The lowest BCUT2D eigenvalue weighted by molar-refractivity contribution is -0.384. The van der Waals surface area contributed by atoms with Crippen LogP contribution in [-0.4, -0.2) is 21.1 Å². The molecule has 5 nitrogen and oxygen atoms in total. The molecule has 82 valence electrons. The Bertz CT molecular complexity index is 490. The Labute approximate surface area is 88.5 Å². The normalized spacial score (nSPS) is 14.3. The number of non-ortho nitro benzene ring substituents is 1. The van der Waals surface area contributed by atoms with Crippen molar-refractivity contribution in [3.8, 4) is 0 Å². The zero-order chi connectivity index (χ0) is 11.5. The molecule has 0 aliphatic heterocycles. The van der Waals surface area contributed by atoms with Crippen molar-refractivity contribution in [3.63, 3.8) is 0 Å². The molecule has 0 amide bonds. The third-order valence-electron chi connectivity index (χ3n) is 1.87. The number of benzene rings is 1. The summed E-state index contributed by atoms with van der Waals surface area (Å²) in [6, 6.07) is 5.83. The molecule has 0 saturated heterocycles. The number of hydrogen-bond donors (Lipinski definition) is 0. The Kier molecular flexibility index (Phi) is 3.41. The lowest BCUT2D eigenvalue weighted by Crippen LogP contribution is -1.97. The molecular formula is C9H12N2O3S. The Morgan fingerprint density at radius 2 is 2.20 bits per heavy atom. The summed E-state index contributed by atoms with van der Waals surface area (Å²) in [5.74, 6) is 0.426. The summed E-state index contributed by atoms with van der Waals surface area (Å²) in [6.45, 7) is 1.77. The van der Waals surface area contributed by atoms with Gasteiger partial charge in [-0.05, 0) is 6.07 Å². The predicted molar refractivity (Wildman–Crippen MR) is 59.8 cm³/mol. The first-order chi connectivity index (χ1) is 6.94. The summed E-state index contributed by atoms with van der Waals surface area (Å²) in [7, 11) is -2.26. The van der Waals surface area contributed by atoms with Gasteiger partial charge in [0, 0.05) is 33.9 Å². The molecule has 1 atom stereocenters. The minimum atomic E-state index is -2.26. The smallest absolute Gasteiger partial charge is 0.258 e. The maximum absolute atomic E-state index is 11.7. The fraction of sp³-hybridized carbons (Fsp3) is 0.333. The van der Waals surface area contributed by atoms with Gasteiger partial charge in [-0.2, -0.15) is 4.36 Å². The number of rotatable bonds is 3. The predicted octanol–water partition coefficient (Wildman–Crippen LogP) is 2.34. The summed E-state index contributed by atoms with van der Waals surface area (Å²) in [4.78, 5) is 9.98. The van der Waals surface area contributed by atoms with Crippen molar-refractivity contribution in [3.05, 3.63) is 34.4 Å². The molecule has 0 bridgehead atoms. The van der Waals surface area contributed by atoms with E-state index in [2.05, 4.69) is 4.36 Å². The maximum Gasteiger partial charge on any atom is 0.271 e. The average Bonchev–Trinajstić information content (AvgIpc) is 2.17. The monoisotopic (exact) mass is 228 g/mol. The second kappa shape index (κ2) is 4.39. The fourth-order valence-electron chi connectivity index (χ4n) is 0.951. The van der Waals surface area contributed by atoms with Crippen LogP contribution in [0.15, 0.2) is 28.6 Å². The summed E-state index contributed by atoms with van der Waals surface area (Å²) >= 11 is 0. The van der Waals surface area contributed by atoms with E-state index in [-0.39, 0.29) is 5.69 Å². The molecule has 0 heterocycles. The fourth-order valence-corrected chi connectivity index (χ4v) is 1.64. The summed E-state index contributed by atoms with van der Waals surface area (Å²) < 4.78 is 15.6. The van der Waals surface area contributed by atoms with Crippen LogP contribution in [0.1, 0.15) is 6.92 Å². The maximum atomic E-state index is 11.7. The lowest BCUT2D eigenvalue weighted by atomic mass is 10.3. The van der Waals surface area contributed by atoms with E-state index in [4.69, 9.17) is 0 Å². The Hall–Kier alpha value is -1.43. The zero-order valence-electron chi connectivity index (χ0n) is 8.54. The molecule has 1 aromatic carbocycles. The lowest BCUT2D eigenvalue weighted by Gasteiger charge is -1.99. The van der Waals surface area contributed by atoms with Crippen LogP contribution >= 0.6 is 0 Å². The molecule has 1 rings (SSSR count). The third kappa shape index (κ3) is 3.32. The first-order valence-electron chi connectivity index (χ1n) is 4.39. The van der Waals surface area contributed by atoms with Crippen LogP contribution in [0.5, 0.6) is 0 Å². The van der Waals surface area contributed by atoms with Crippen LogP contribution in [0, 0.1) is 10.1 Å². The highest BCUT2D eigenvalue weighted by Gasteiger charge is 2.06. The molecule has 0 aliphatic rings. The molecule has 0 saturated carbocycles. The molecule has 0 aromatic heterocycles. The second-order valence-corrected chi connectivity index (χ2v) is 5.80. The Morgan fingerprint density at radius 1 is 1.53 bits per heavy atom. The second-order valence-electron chi connectivity index (χ2n) is 3.12. The van der Waals surface area contributed by atoms with Gasteiger partial charge in [-0.25, -0.2) is 4.21 Å². The van der Waals surface area contributed by atoms with Gasteiger partial charge in [-0.1, -0.05) is 13.0 Å². The van der Waals surface area contributed by atoms with Crippen molar-refractivity contribution in [1.82, 2.24) is 0 Å². The quantitative estimate of drug-likeness (QED) is 0.588. The van der Waals surface area contributed by atoms with Gasteiger partial charge in [0.1, 0.15) is 0 Å². The van der Waals surface area contributed by atoms with Crippen LogP contribution in [0.2, 0.25) is 0 Å². The van der Waals surface area contributed by atoms with E-state index in [1.54, 1.807) is 13.0 Å². The van der Waals surface area contributed by atoms with Crippen molar-refractivity contribution in [2.75, 3.05) is 12.0 Å². The van der Waals surface area contributed by atoms with E-state index in [0.717, 1.165) is 0 Å². The largest absolute Gasteiger partial charge is 0.271 e. The van der Waals surface area contributed by atoms with E-state index >= 15 is 0 Å². The van der Waals surface area contributed by atoms with Crippen LogP contribution in [0.4, 0.5) is 11.4 Å². The zero-order valence-corrected chi connectivity index (χ0v) is 9.36. The molecule has 0 spiro atoms. The standard InChI is InChI=1S/C9H12N2O3S/c1-3-15(2,14)10-8-5-4-6-9(7-8)11(12)13/h4-7H,3H2,1-2H3. The highest BCUT2D eigenvalue weighted by atomic mass is 32.2. The van der Waals surface area contributed by atoms with Crippen molar-refractivity contribution in [2.45, 2.75) is 6.92 Å². The molecular weight excluding hydrogens is 216 g/mol. The van der Waals surface area contributed by atoms with E-state index in [1.165, 1.54) is 24.5 Å². The van der Waals surface area contributed by atoms with Gasteiger partial charge in [-0.3, -0.25) is 10.1 Å². The summed E-state index contributed by atoms with van der Waals surface area (Å²) in [6.07, 6.45) is 1.53. The van der Waals surface area contributed by atoms with Gasteiger partial charge in [0.15, 0.2) is 0 Å². The molecule has 1 aromatic rings. The highest BCUT2D eigenvalue weighted by Crippen LogP contribution is 2.20. The molecule has 0 fully saturated rings. The number of hydrogen-bond acceptors (Lipinski definition) is 4. The minimum absolute atomic E-state index is 0.0393. The van der Waals surface area contributed by atoms with Gasteiger partial charge < -0.3 is 0 Å². The molecule has 0 N–H and O–H groups in total. The van der Waals surface area contributed by atoms with Crippen LogP contribution in [0.25, 0.3) is 0 Å². The molecule has 0 aliphatic carbocycles. The van der Waals surface area contributed by atoms with E-state index in [1.807, 2.05) is 0 Å². The first-order valence-corrected chi connectivity index (χ1v) is 6.48. The molecule has 0 radical (unpaired) electrons. The van der Waals surface area contributed by atoms with Crippen molar-refractivity contribution in [1.29, 1.82) is 0 Å². The summed E-state index contributed by atoms with van der Waals surface area (Å²) in [5.41, 5.74) is 0.348. The van der Waals surface area contributed by atoms with Gasteiger partial charge in [-0.15, -0.1) is 0 Å². The topological polar surface area (TPSA) is 72.6 Å². The van der Waals surface area contributed by atoms with Crippen molar-refractivity contribution >= 4 is 21.1 Å². The SMILES string of the molecule is CCS(C)(=O)=Nc1cccc([N+](=O)[O-])c1. The van der Waals surface area contributed by atoms with Gasteiger partial charge in [0.2, 0.25) is 0 Å². The highest BCUT2D eigenvalue weighted by molar-refractivity contribution is 7.93. The molecule has 15 heavy (non-hydrogen) atoms. The van der Waals surface area contributed by atoms with Crippen molar-refractivity contribution in [2.24, 2.45) is 4.36 Å². The van der Waals surface area contributed by atoms with E-state index in [9.17, 15) is 14.3 Å². The number of nitro benzene ring substituents is 1. The number of nitro groups is 1. The first kappa shape index (κ1) is 11.6. The van der Waals surface area contributed by atoms with Crippen LogP contribution in [0.3, 0.4) is 0 Å².